The number of aromatic nitrogens is 4. The van der Waals surface area contributed by atoms with E-state index < -0.39 is 0 Å². The monoisotopic (exact) mass is 646 g/mol. The van der Waals surface area contributed by atoms with Crippen molar-refractivity contribution in [3.63, 3.8) is 0 Å². The second-order valence-corrected chi connectivity index (χ2v) is 14.1. The van der Waals surface area contributed by atoms with Gasteiger partial charge in [0.05, 0.1) is 22.4 Å². The molecule has 0 spiro atoms. The minimum Gasteiger partial charge on any atom is -0.457 e. The van der Waals surface area contributed by atoms with E-state index in [1.54, 1.807) is 0 Å². The molecule has 3 aromatic heterocycles. The molecule has 0 amide bonds. The van der Waals surface area contributed by atoms with Gasteiger partial charge in [-0.15, -0.1) is 0 Å². The molecule has 0 unspecified atom stereocenters. The first-order chi connectivity index (χ1) is 23.6. The van der Waals surface area contributed by atoms with Crippen molar-refractivity contribution in [2.45, 2.75) is 80.1 Å². The molecule has 0 radical (unpaired) electrons. The number of rotatable bonds is 8. The quantitative estimate of drug-likeness (QED) is 0.165. The van der Waals surface area contributed by atoms with Crippen molar-refractivity contribution in [2.24, 2.45) is 0 Å². The zero-order chi connectivity index (χ0) is 34.4. The van der Waals surface area contributed by atoms with Gasteiger partial charge in [0.1, 0.15) is 17.3 Å². The zero-order valence-electron chi connectivity index (χ0n) is 30.1. The van der Waals surface area contributed by atoms with E-state index >= 15 is 0 Å². The number of nitrogens with zero attached hydrogens (tertiary/aromatic N) is 4. The number of hydrogen-bond donors (Lipinski definition) is 0. The van der Waals surface area contributed by atoms with E-state index in [0.717, 1.165) is 64.7 Å². The highest BCUT2D eigenvalue weighted by atomic mass is 16.5. The van der Waals surface area contributed by atoms with Gasteiger partial charge in [0.15, 0.2) is 0 Å². The molecule has 7 rings (SSSR count). The smallest absolute Gasteiger partial charge is 0.137 e. The van der Waals surface area contributed by atoms with Gasteiger partial charge in [0.2, 0.25) is 0 Å². The second-order valence-electron chi connectivity index (χ2n) is 14.1. The molecule has 248 valence electrons. The zero-order valence-corrected chi connectivity index (χ0v) is 30.1. The third-order valence-corrected chi connectivity index (χ3v) is 9.87. The summed E-state index contributed by atoms with van der Waals surface area (Å²) in [5.41, 5.74) is 13.0. The van der Waals surface area contributed by atoms with Crippen LogP contribution in [0.1, 0.15) is 75.2 Å². The van der Waals surface area contributed by atoms with Crippen molar-refractivity contribution in [1.29, 1.82) is 0 Å². The maximum Gasteiger partial charge on any atom is 0.137 e. The molecule has 49 heavy (non-hydrogen) atoms. The van der Waals surface area contributed by atoms with Gasteiger partial charge in [-0.05, 0) is 109 Å². The fourth-order valence-corrected chi connectivity index (χ4v) is 7.22. The van der Waals surface area contributed by atoms with Gasteiger partial charge in [-0.1, -0.05) is 77.9 Å². The Balaban J connectivity index is 1.36. The number of para-hydroxylation sites is 1. The van der Waals surface area contributed by atoms with Gasteiger partial charge in [-0.25, -0.2) is 9.67 Å². The van der Waals surface area contributed by atoms with Crippen LogP contribution in [-0.2, 0) is 24.7 Å². The Hall–Kier alpha value is -5.16. The fraction of sp³-hybridized carbons (Fsp3) is 0.273. The Morgan fingerprint density at radius 2 is 1.41 bits per heavy atom. The summed E-state index contributed by atoms with van der Waals surface area (Å²) in [5, 5.41) is 7.52. The molecule has 0 fully saturated rings. The van der Waals surface area contributed by atoms with Crippen LogP contribution in [0.5, 0.6) is 11.5 Å². The van der Waals surface area contributed by atoms with Gasteiger partial charge in [0.25, 0.3) is 0 Å². The van der Waals surface area contributed by atoms with Crippen LogP contribution in [0.15, 0.2) is 97.2 Å². The second kappa shape index (κ2) is 12.7. The largest absolute Gasteiger partial charge is 0.457 e. The molecule has 4 aromatic carbocycles. The van der Waals surface area contributed by atoms with Crippen LogP contribution < -0.4 is 4.74 Å². The lowest BCUT2D eigenvalue weighted by Gasteiger charge is -2.22. The van der Waals surface area contributed by atoms with E-state index in [2.05, 4.69) is 156 Å². The standard InChI is InChI=1S/C44H46N4O/c1-9-30-21-22-45-41(23-30)47-39-18-13-12-17-37(39)38-20-19-35(27-40(38)47)49-36-25-33(44(6,7)8)24-34(26-36)48-29(5)42(28(4)46-48)43-31(10-2)15-14-16-32(43)11-3/h12-27H,9-11H2,1-8H3. The van der Waals surface area contributed by atoms with Gasteiger partial charge in [0, 0.05) is 40.4 Å². The summed E-state index contributed by atoms with van der Waals surface area (Å²) in [6.07, 6.45) is 4.82. The Labute approximate surface area is 290 Å². The van der Waals surface area contributed by atoms with Crippen LogP contribution in [0.4, 0.5) is 0 Å². The van der Waals surface area contributed by atoms with Crippen LogP contribution in [-0.4, -0.2) is 19.3 Å². The SMILES string of the molecule is CCc1ccnc(-n2c3ccccc3c3ccc(Oc4cc(-n5nc(C)c(-c6c(CC)cccc6CC)c5C)cc(C(C)(C)C)c4)cc32)c1. The predicted molar refractivity (Wildman–Crippen MR) is 204 cm³/mol. The molecule has 0 aliphatic rings. The van der Waals surface area contributed by atoms with Crippen LogP contribution in [0.2, 0.25) is 0 Å². The van der Waals surface area contributed by atoms with E-state index in [0.29, 0.717) is 0 Å². The number of hydrogen-bond acceptors (Lipinski definition) is 3. The molecule has 0 N–H and O–H groups in total. The lowest BCUT2D eigenvalue weighted by atomic mass is 9.86. The number of pyridine rings is 1. The number of fused-ring (bicyclic) bond motifs is 3. The van der Waals surface area contributed by atoms with Crippen molar-refractivity contribution in [3.8, 4) is 34.1 Å². The minimum atomic E-state index is -0.0937. The molecule has 3 heterocycles. The van der Waals surface area contributed by atoms with E-state index in [4.69, 9.17) is 14.8 Å². The van der Waals surface area contributed by atoms with Gasteiger partial charge in [-0.3, -0.25) is 4.57 Å². The van der Waals surface area contributed by atoms with E-state index in [-0.39, 0.29) is 5.41 Å². The molecule has 5 heteroatoms. The highest BCUT2D eigenvalue weighted by molar-refractivity contribution is 6.09. The number of aryl methyl sites for hydroxylation is 4. The first-order valence-electron chi connectivity index (χ1n) is 17.6. The Morgan fingerprint density at radius 3 is 2.12 bits per heavy atom. The van der Waals surface area contributed by atoms with Gasteiger partial charge < -0.3 is 4.74 Å². The van der Waals surface area contributed by atoms with Crippen LogP contribution >= 0.6 is 0 Å². The normalized spacial score (nSPS) is 11.9. The third-order valence-electron chi connectivity index (χ3n) is 9.87. The molecule has 7 aromatic rings. The summed E-state index contributed by atoms with van der Waals surface area (Å²) < 4.78 is 11.1. The first-order valence-corrected chi connectivity index (χ1v) is 17.6. The summed E-state index contributed by atoms with van der Waals surface area (Å²) in [5.74, 6) is 2.47. The van der Waals surface area contributed by atoms with Crippen LogP contribution in [0.25, 0.3) is 44.4 Å². The average molecular weight is 647 g/mol. The first kappa shape index (κ1) is 32.4. The third kappa shape index (κ3) is 5.82. The topological polar surface area (TPSA) is 44.9 Å². The van der Waals surface area contributed by atoms with Crippen LogP contribution in [0, 0.1) is 13.8 Å². The Morgan fingerprint density at radius 1 is 0.673 bits per heavy atom. The highest BCUT2D eigenvalue weighted by Crippen LogP contribution is 2.39. The summed E-state index contributed by atoms with van der Waals surface area (Å²) >= 11 is 0. The number of ether oxygens (including phenoxy) is 1. The predicted octanol–water partition coefficient (Wildman–Crippen LogP) is 11.4. The Kier molecular flexibility index (Phi) is 8.40. The van der Waals surface area contributed by atoms with Crippen molar-refractivity contribution in [3.05, 3.63) is 131 Å². The average Bonchev–Trinajstić information content (AvgIpc) is 3.59. The summed E-state index contributed by atoms with van der Waals surface area (Å²) in [6.45, 7) is 17.7. The lowest BCUT2D eigenvalue weighted by molar-refractivity contribution is 0.478. The van der Waals surface area contributed by atoms with E-state index in [1.165, 1.54) is 44.2 Å². The fourth-order valence-electron chi connectivity index (χ4n) is 7.22. The Bertz CT molecular complexity index is 2310. The number of benzene rings is 4. The van der Waals surface area contributed by atoms with Crippen molar-refractivity contribution < 1.29 is 4.74 Å². The van der Waals surface area contributed by atoms with Gasteiger partial charge in [-0.2, -0.15) is 5.10 Å². The molecule has 0 saturated carbocycles. The molecule has 0 aliphatic heterocycles. The highest BCUT2D eigenvalue weighted by Gasteiger charge is 2.22. The summed E-state index contributed by atoms with van der Waals surface area (Å²) in [6, 6.07) is 32.4. The molecule has 5 nitrogen and oxygen atoms in total. The van der Waals surface area contributed by atoms with Crippen molar-refractivity contribution in [1.82, 2.24) is 19.3 Å². The van der Waals surface area contributed by atoms with Crippen molar-refractivity contribution >= 4 is 21.8 Å². The van der Waals surface area contributed by atoms with Crippen molar-refractivity contribution in [2.75, 3.05) is 0 Å². The molecule has 0 aliphatic carbocycles. The summed E-state index contributed by atoms with van der Waals surface area (Å²) in [7, 11) is 0. The van der Waals surface area contributed by atoms with Gasteiger partial charge >= 0.3 is 0 Å². The molecular formula is C44H46N4O. The molecular weight excluding hydrogens is 601 g/mol. The van der Waals surface area contributed by atoms with E-state index in [1.807, 2.05) is 6.20 Å². The molecule has 0 saturated heterocycles. The maximum absolute atomic E-state index is 6.78. The summed E-state index contributed by atoms with van der Waals surface area (Å²) in [4.78, 5) is 4.80. The minimum absolute atomic E-state index is 0.0937. The molecule has 0 atom stereocenters. The van der Waals surface area contributed by atoms with Crippen LogP contribution in [0.3, 0.4) is 0 Å². The molecule has 0 bridgehead atoms. The maximum atomic E-state index is 6.78. The van der Waals surface area contributed by atoms with E-state index in [9.17, 15) is 0 Å². The lowest BCUT2D eigenvalue weighted by Crippen LogP contribution is -2.12.